The summed E-state index contributed by atoms with van der Waals surface area (Å²) < 4.78 is 11.2. The van der Waals surface area contributed by atoms with Gasteiger partial charge in [0.05, 0.1) is 6.10 Å². The van der Waals surface area contributed by atoms with Crippen LogP contribution >= 0.6 is 0 Å². The van der Waals surface area contributed by atoms with Crippen LogP contribution in [0, 0.1) is 5.92 Å². The fraction of sp³-hybridized carbons (Fsp3) is 0.905. The number of piperazine rings is 1. The molecular formula is C21H37N3O4. The molecule has 0 N–H and O–H groups in total. The van der Waals surface area contributed by atoms with Crippen LogP contribution in [0.15, 0.2) is 0 Å². The number of carbonyl (C=O) groups is 2. The molecule has 3 saturated heterocycles. The van der Waals surface area contributed by atoms with Crippen molar-refractivity contribution in [1.29, 1.82) is 0 Å². The van der Waals surface area contributed by atoms with Crippen molar-refractivity contribution in [3.05, 3.63) is 0 Å². The van der Waals surface area contributed by atoms with E-state index in [0.717, 1.165) is 65.0 Å². The summed E-state index contributed by atoms with van der Waals surface area (Å²) >= 11 is 0. The summed E-state index contributed by atoms with van der Waals surface area (Å²) in [7, 11) is 0. The van der Waals surface area contributed by atoms with E-state index in [1.807, 2.05) is 30.6 Å². The van der Waals surface area contributed by atoms with Gasteiger partial charge in [0.1, 0.15) is 5.60 Å². The summed E-state index contributed by atoms with van der Waals surface area (Å²) in [5.41, 5.74) is -0.456. The van der Waals surface area contributed by atoms with E-state index < -0.39 is 5.60 Å². The number of amides is 2. The lowest BCUT2D eigenvalue weighted by molar-refractivity contribution is -0.142. The van der Waals surface area contributed by atoms with E-state index in [9.17, 15) is 9.59 Å². The zero-order valence-corrected chi connectivity index (χ0v) is 18.0. The van der Waals surface area contributed by atoms with Crippen LogP contribution in [-0.4, -0.2) is 90.3 Å². The summed E-state index contributed by atoms with van der Waals surface area (Å²) in [6.45, 7) is 13.3. The second kappa shape index (κ2) is 8.99. The van der Waals surface area contributed by atoms with E-state index in [1.165, 1.54) is 0 Å². The van der Waals surface area contributed by atoms with E-state index in [-0.39, 0.29) is 18.1 Å². The van der Waals surface area contributed by atoms with Crippen LogP contribution in [0.25, 0.3) is 0 Å². The molecule has 3 aliphatic heterocycles. The molecule has 0 bridgehead atoms. The number of nitrogens with zero attached hydrogens (tertiary/aromatic N) is 3. The molecule has 0 aromatic heterocycles. The Morgan fingerprint density at radius 3 is 2.39 bits per heavy atom. The first-order valence-electron chi connectivity index (χ1n) is 10.9. The number of rotatable bonds is 3. The van der Waals surface area contributed by atoms with E-state index >= 15 is 0 Å². The van der Waals surface area contributed by atoms with E-state index in [4.69, 9.17) is 9.47 Å². The van der Waals surface area contributed by atoms with Gasteiger partial charge in [0.25, 0.3) is 0 Å². The van der Waals surface area contributed by atoms with Gasteiger partial charge in [0.2, 0.25) is 5.91 Å². The van der Waals surface area contributed by atoms with Crippen molar-refractivity contribution in [2.75, 3.05) is 45.9 Å². The second-order valence-corrected chi connectivity index (χ2v) is 9.35. The molecule has 7 heteroatoms. The average molecular weight is 396 g/mol. The highest BCUT2D eigenvalue weighted by Crippen LogP contribution is 2.25. The summed E-state index contributed by atoms with van der Waals surface area (Å²) in [5.74, 6) is 0.433. The second-order valence-electron chi connectivity index (χ2n) is 9.35. The quantitative estimate of drug-likeness (QED) is 0.734. The lowest BCUT2D eigenvalue weighted by Gasteiger charge is -2.40. The molecule has 160 valence electrons. The Hall–Kier alpha value is -1.34. The lowest BCUT2D eigenvalue weighted by atomic mass is 9.93. The maximum Gasteiger partial charge on any atom is 0.410 e. The van der Waals surface area contributed by atoms with Crippen LogP contribution in [0.1, 0.15) is 53.4 Å². The number of likely N-dealkylation sites (tertiary alicyclic amines) is 1. The van der Waals surface area contributed by atoms with E-state index in [1.54, 1.807) is 0 Å². The minimum atomic E-state index is -0.456. The Bertz CT molecular complexity index is 554. The molecule has 3 aliphatic rings. The Kier molecular flexibility index (Phi) is 6.86. The fourth-order valence-electron chi connectivity index (χ4n) is 4.49. The van der Waals surface area contributed by atoms with Crippen LogP contribution in [0.3, 0.4) is 0 Å². The van der Waals surface area contributed by atoms with Crippen LogP contribution in [0.2, 0.25) is 0 Å². The maximum atomic E-state index is 12.9. The number of ether oxygens (including phenoxy) is 2. The maximum absolute atomic E-state index is 12.9. The molecule has 0 unspecified atom stereocenters. The standard InChI is InChI=1S/C21H37N3O4/c1-5-18-14-16(7-13-27-18)19(25)23-11-9-22(10-12-23)17-6-8-24(15-17)20(26)28-21(2,3)4/h16-18H,5-15H2,1-4H3/t16-,17+,18+/m0/s1. The monoisotopic (exact) mass is 395 g/mol. The Labute approximate surface area is 169 Å². The highest BCUT2D eigenvalue weighted by atomic mass is 16.6. The van der Waals surface area contributed by atoms with Gasteiger partial charge in [-0.05, 0) is 46.5 Å². The molecule has 2 amide bonds. The largest absolute Gasteiger partial charge is 0.444 e. The molecule has 0 aliphatic carbocycles. The molecule has 0 spiro atoms. The van der Waals surface area contributed by atoms with Crippen molar-refractivity contribution < 1.29 is 19.1 Å². The molecule has 3 rings (SSSR count). The van der Waals surface area contributed by atoms with Crippen molar-refractivity contribution in [3.63, 3.8) is 0 Å². The number of hydrogen-bond donors (Lipinski definition) is 0. The van der Waals surface area contributed by atoms with Gasteiger partial charge in [0.15, 0.2) is 0 Å². The van der Waals surface area contributed by atoms with Gasteiger partial charge < -0.3 is 19.3 Å². The van der Waals surface area contributed by atoms with E-state index in [0.29, 0.717) is 18.6 Å². The fourth-order valence-corrected chi connectivity index (χ4v) is 4.49. The molecule has 28 heavy (non-hydrogen) atoms. The topological polar surface area (TPSA) is 62.3 Å². The Balaban J connectivity index is 1.44. The highest BCUT2D eigenvalue weighted by Gasteiger charge is 2.36. The predicted octanol–water partition coefficient (Wildman–Crippen LogP) is 2.35. The SMILES string of the molecule is CC[C@@H]1C[C@@H](C(=O)N2CCN([C@@H]3CCN(C(=O)OC(C)(C)C)C3)CC2)CCO1. The van der Waals surface area contributed by atoms with Crippen molar-refractivity contribution in [2.45, 2.75) is 71.1 Å². The molecule has 0 aromatic rings. The molecule has 0 aromatic carbocycles. The smallest absolute Gasteiger partial charge is 0.410 e. The third kappa shape index (κ3) is 5.38. The van der Waals surface area contributed by atoms with Crippen molar-refractivity contribution in [3.8, 4) is 0 Å². The molecule has 3 fully saturated rings. The third-order valence-corrected chi connectivity index (χ3v) is 6.13. The summed E-state index contributed by atoms with van der Waals surface area (Å²) in [5, 5.41) is 0. The lowest BCUT2D eigenvalue weighted by Crippen LogP contribution is -2.54. The normalized spacial score (nSPS) is 29.8. The third-order valence-electron chi connectivity index (χ3n) is 6.13. The van der Waals surface area contributed by atoms with Crippen molar-refractivity contribution >= 4 is 12.0 Å². The number of carbonyl (C=O) groups excluding carboxylic acids is 2. The Morgan fingerprint density at radius 2 is 1.75 bits per heavy atom. The molecule has 0 radical (unpaired) electrons. The van der Waals surface area contributed by atoms with Gasteiger partial charge >= 0.3 is 6.09 Å². The van der Waals surface area contributed by atoms with Crippen LogP contribution in [0.5, 0.6) is 0 Å². The molecular weight excluding hydrogens is 358 g/mol. The molecule has 0 saturated carbocycles. The number of hydrogen-bond acceptors (Lipinski definition) is 5. The highest BCUT2D eigenvalue weighted by molar-refractivity contribution is 5.79. The summed E-state index contributed by atoms with van der Waals surface area (Å²) in [6, 6.07) is 0.373. The first-order chi connectivity index (χ1) is 13.3. The molecule has 7 nitrogen and oxygen atoms in total. The van der Waals surface area contributed by atoms with Crippen molar-refractivity contribution in [1.82, 2.24) is 14.7 Å². The minimum Gasteiger partial charge on any atom is -0.444 e. The van der Waals surface area contributed by atoms with Crippen LogP contribution in [-0.2, 0) is 14.3 Å². The first-order valence-corrected chi connectivity index (χ1v) is 10.9. The van der Waals surface area contributed by atoms with Gasteiger partial charge in [-0.1, -0.05) is 6.92 Å². The van der Waals surface area contributed by atoms with E-state index in [2.05, 4.69) is 11.8 Å². The van der Waals surface area contributed by atoms with Gasteiger partial charge in [-0.3, -0.25) is 9.69 Å². The van der Waals surface area contributed by atoms with Gasteiger partial charge in [0, 0.05) is 57.8 Å². The molecule has 3 atom stereocenters. The average Bonchev–Trinajstić information content (AvgIpc) is 3.17. The van der Waals surface area contributed by atoms with Gasteiger partial charge in [-0.25, -0.2) is 4.79 Å². The van der Waals surface area contributed by atoms with Crippen LogP contribution < -0.4 is 0 Å². The summed E-state index contributed by atoms with van der Waals surface area (Å²) in [4.78, 5) is 31.5. The zero-order chi connectivity index (χ0) is 20.3. The first kappa shape index (κ1) is 21.4. The van der Waals surface area contributed by atoms with Gasteiger partial charge in [-0.15, -0.1) is 0 Å². The summed E-state index contributed by atoms with van der Waals surface area (Å²) in [6.07, 6.45) is 3.69. The molecule has 3 heterocycles. The zero-order valence-electron chi connectivity index (χ0n) is 18.0. The van der Waals surface area contributed by atoms with Crippen molar-refractivity contribution in [2.24, 2.45) is 5.92 Å². The van der Waals surface area contributed by atoms with Gasteiger partial charge in [-0.2, -0.15) is 0 Å². The Morgan fingerprint density at radius 1 is 1.04 bits per heavy atom. The predicted molar refractivity (Wildman–Crippen MR) is 107 cm³/mol. The van der Waals surface area contributed by atoms with Crippen LogP contribution in [0.4, 0.5) is 4.79 Å². The minimum absolute atomic E-state index is 0.124.